The van der Waals surface area contributed by atoms with E-state index in [9.17, 15) is 8.42 Å². The molecule has 2 aliphatic heterocycles. The zero-order valence-corrected chi connectivity index (χ0v) is 14.7. The molecule has 0 N–H and O–H groups in total. The van der Waals surface area contributed by atoms with Gasteiger partial charge in [-0.05, 0) is 23.5 Å². The fourth-order valence-electron chi connectivity index (χ4n) is 3.49. The Labute approximate surface area is 142 Å². The Bertz CT molecular complexity index is 886. The van der Waals surface area contributed by atoms with E-state index < -0.39 is 10.0 Å². The molecule has 0 radical (unpaired) electrons. The molecule has 0 saturated carbocycles. The summed E-state index contributed by atoms with van der Waals surface area (Å²) in [6.45, 7) is 5.98. The third kappa shape index (κ3) is 2.22. The molecule has 1 aromatic heterocycles. The molecule has 0 spiro atoms. The molecule has 2 aromatic rings. The van der Waals surface area contributed by atoms with Gasteiger partial charge >= 0.3 is 0 Å². The lowest BCUT2D eigenvalue weighted by molar-refractivity contribution is 0.224. The normalized spacial score (nSPS) is 19.3. The molecule has 4 rings (SSSR count). The Morgan fingerprint density at radius 2 is 2.00 bits per heavy atom. The van der Waals surface area contributed by atoms with Crippen molar-refractivity contribution < 1.29 is 13.2 Å². The minimum Gasteiger partial charge on any atom is -0.477 e. The molecule has 0 aliphatic carbocycles. The third-order valence-electron chi connectivity index (χ3n) is 4.92. The van der Waals surface area contributed by atoms with Gasteiger partial charge in [-0.1, -0.05) is 32.0 Å². The molecule has 24 heavy (non-hydrogen) atoms. The first-order valence-corrected chi connectivity index (χ1v) is 9.66. The molecule has 0 amide bonds. The summed E-state index contributed by atoms with van der Waals surface area (Å²) in [5.41, 5.74) is 1.77. The summed E-state index contributed by atoms with van der Waals surface area (Å²) in [5, 5.41) is 4.19. The zero-order chi connectivity index (χ0) is 16.9. The van der Waals surface area contributed by atoms with Crippen molar-refractivity contribution in [3.05, 3.63) is 36.0 Å². The Kier molecular flexibility index (Phi) is 3.38. The maximum absolute atomic E-state index is 13.3. The van der Waals surface area contributed by atoms with E-state index in [2.05, 4.69) is 18.9 Å². The summed E-state index contributed by atoms with van der Waals surface area (Å²) in [4.78, 5) is 0.164. The van der Waals surface area contributed by atoms with E-state index in [1.54, 1.807) is 4.68 Å². The summed E-state index contributed by atoms with van der Waals surface area (Å²) < 4.78 is 35.3. The van der Waals surface area contributed by atoms with Crippen LogP contribution in [0.2, 0.25) is 0 Å². The molecule has 0 saturated heterocycles. The lowest BCUT2D eigenvalue weighted by atomic mass is 9.78. The molecular formula is C17H21N3O3S. The number of aromatic nitrogens is 2. The van der Waals surface area contributed by atoms with Gasteiger partial charge in [0.15, 0.2) is 4.90 Å². The number of nitrogens with zero attached hydrogens (tertiary/aromatic N) is 3. The molecule has 2 aliphatic rings. The number of sulfonamides is 1. The minimum absolute atomic E-state index is 0.0441. The maximum Gasteiger partial charge on any atom is 0.271 e. The smallest absolute Gasteiger partial charge is 0.271 e. The van der Waals surface area contributed by atoms with E-state index in [0.29, 0.717) is 25.6 Å². The van der Waals surface area contributed by atoms with Crippen LogP contribution >= 0.6 is 0 Å². The SMILES string of the molecule is CC1(C)CCN(S(=O)(=O)c2cnn3c2OCCC3)c2ccccc21. The first-order valence-electron chi connectivity index (χ1n) is 8.22. The third-order valence-corrected chi connectivity index (χ3v) is 6.72. The highest BCUT2D eigenvalue weighted by Gasteiger charge is 2.39. The van der Waals surface area contributed by atoms with E-state index in [1.807, 2.05) is 24.3 Å². The van der Waals surface area contributed by atoms with Gasteiger partial charge in [-0.2, -0.15) is 5.10 Å². The molecule has 7 heteroatoms. The monoisotopic (exact) mass is 347 g/mol. The Morgan fingerprint density at radius 3 is 2.83 bits per heavy atom. The summed E-state index contributed by atoms with van der Waals surface area (Å²) >= 11 is 0. The fraction of sp³-hybridized carbons (Fsp3) is 0.471. The number of benzene rings is 1. The maximum atomic E-state index is 13.3. The summed E-state index contributed by atoms with van der Waals surface area (Å²) in [5.74, 6) is 0.364. The molecule has 0 atom stereocenters. The largest absolute Gasteiger partial charge is 0.477 e. The fourth-order valence-corrected chi connectivity index (χ4v) is 5.04. The van der Waals surface area contributed by atoms with Crippen LogP contribution in [-0.2, 0) is 22.0 Å². The molecule has 0 unspecified atom stereocenters. The van der Waals surface area contributed by atoms with Crippen molar-refractivity contribution in [3.63, 3.8) is 0 Å². The van der Waals surface area contributed by atoms with Gasteiger partial charge in [0, 0.05) is 19.5 Å². The second kappa shape index (κ2) is 5.24. The van der Waals surface area contributed by atoms with Crippen LogP contribution in [0.5, 0.6) is 5.88 Å². The number of anilines is 1. The zero-order valence-electron chi connectivity index (χ0n) is 13.9. The average molecular weight is 347 g/mol. The number of aryl methyl sites for hydroxylation is 1. The predicted molar refractivity (Wildman–Crippen MR) is 91.0 cm³/mol. The van der Waals surface area contributed by atoms with Crippen LogP contribution in [0.3, 0.4) is 0 Å². The number of fused-ring (bicyclic) bond motifs is 2. The Balaban J connectivity index is 1.83. The number of hydrogen-bond donors (Lipinski definition) is 0. The number of hydrogen-bond acceptors (Lipinski definition) is 4. The second-order valence-electron chi connectivity index (χ2n) is 6.97. The van der Waals surface area contributed by atoms with Crippen molar-refractivity contribution in [1.82, 2.24) is 9.78 Å². The quantitative estimate of drug-likeness (QED) is 0.837. The molecule has 3 heterocycles. The van der Waals surface area contributed by atoms with Crippen molar-refractivity contribution in [2.75, 3.05) is 17.5 Å². The predicted octanol–water partition coefficient (Wildman–Crippen LogP) is 2.54. The summed E-state index contributed by atoms with van der Waals surface area (Å²) in [6.07, 6.45) is 3.03. The van der Waals surface area contributed by atoms with Crippen molar-refractivity contribution in [3.8, 4) is 5.88 Å². The Hall–Kier alpha value is -2.02. The van der Waals surface area contributed by atoms with Gasteiger partial charge in [-0.25, -0.2) is 13.1 Å². The van der Waals surface area contributed by atoms with Gasteiger partial charge in [0.1, 0.15) is 0 Å². The summed E-state index contributed by atoms with van der Waals surface area (Å²) in [6, 6.07) is 7.74. The van der Waals surface area contributed by atoms with Crippen LogP contribution in [0.15, 0.2) is 35.4 Å². The molecule has 6 nitrogen and oxygen atoms in total. The van der Waals surface area contributed by atoms with Crippen molar-refractivity contribution >= 4 is 15.7 Å². The van der Waals surface area contributed by atoms with Gasteiger partial charge in [0.25, 0.3) is 10.0 Å². The average Bonchev–Trinajstić information content (AvgIpc) is 2.99. The van der Waals surface area contributed by atoms with Crippen molar-refractivity contribution in [2.45, 2.75) is 43.5 Å². The van der Waals surface area contributed by atoms with Crippen LogP contribution in [0.1, 0.15) is 32.3 Å². The van der Waals surface area contributed by atoms with Gasteiger partial charge in [0.2, 0.25) is 5.88 Å². The van der Waals surface area contributed by atoms with Crippen LogP contribution in [0.4, 0.5) is 5.69 Å². The number of ether oxygens (including phenoxy) is 1. The van der Waals surface area contributed by atoms with Crippen LogP contribution < -0.4 is 9.04 Å². The lowest BCUT2D eigenvalue weighted by Gasteiger charge is -2.39. The molecule has 128 valence electrons. The highest BCUT2D eigenvalue weighted by molar-refractivity contribution is 7.93. The molecule has 0 bridgehead atoms. The number of rotatable bonds is 2. The number of para-hydroxylation sites is 1. The summed E-state index contributed by atoms with van der Waals surface area (Å²) in [7, 11) is -3.70. The first-order chi connectivity index (χ1) is 11.4. The molecule has 0 fully saturated rings. The highest BCUT2D eigenvalue weighted by Crippen LogP contribution is 2.42. The van der Waals surface area contributed by atoms with Gasteiger partial charge in [-0.3, -0.25) is 4.31 Å². The molecular weight excluding hydrogens is 326 g/mol. The van der Waals surface area contributed by atoms with Crippen LogP contribution in [0.25, 0.3) is 0 Å². The van der Waals surface area contributed by atoms with E-state index >= 15 is 0 Å². The van der Waals surface area contributed by atoms with E-state index in [1.165, 1.54) is 10.5 Å². The standard InChI is InChI=1S/C17H21N3O3S/c1-17(2)8-10-20(14-7-4-3-6-13(14)17)24(21,22)15-12-18-19-9-5-11-23-16(15)19/h3-4,6-7,12H,5,8-11H2,1-2H3. The van der Waals surface area contributed by atoms with E-state index in [4.69, 9.17) is 4.74 Å². The molecule has 1 aromatic carbocycles. The van der Waals surface area contributed by atoms with Gasteiger partial charge in [0.05, 0.1) is 18.5 Å². The minimum atomic E-state index is -3.70. The van der Waals surface area contributed by atoms with E-state index in [0.717, 1.165) is 24.1 Å². The van der Waals surface area contributed by atoms with Crippen molar-refractivity contribution in [1.29, 1.82) is 0 Å². The van der Waals surface area contributed by atoms with Crippen LogP contribution in [0, 0.1) is 0 Å². The first kappa shape index (κ1) is 15.5. The van der Waals surface area contributed by atoms with Gasteiger partial charge in [-0.15, -0.1) is 0 Å². The van der Waals surface area contributed by atoms with Crippen molar-refractivity contribution in [2.24, 2.45) is 0 Å². The highest BCUT2D eigenvalue weighted by atomic mass is 32.2. The van der Waals surface area contributed by atoms with Crippen LogP contribution in [-0.4, -0.2) is 31.3 Å². The Morgan fingerprint density at radius 1 is 1.21 bits per heavy atom. The topological polar surface area (TPSA) is 64.4 Å². The van der Waals surface area contributed by atoms with Gasteiger partial charge < -0.3 is 4.74 Å². The second-order valence-corrected chi connectivity index (χ2v) is 8.80. The van der Waals surface area contributed by atoms with E-state index in [-0.39, 0.29) is 10.3 Å². The lowest BCUT2D eigenvalue weighted by Crippen LogP contribution is -2.41.